The highest BCUT2D eigenvalue weighted by Gasteiger charge is 2.42. The van der Waals surface area contributed by atoms with Crippen LogP contribution in [0.1, 0.15) is 28.8 Å². The van der Waals surface area contributed by atoms with Crippen molar-refractivity contribution < 1.29 is 23.7 Å². The number of hydrogen-bond donors (Lipinski definition) is 1. The zero-order valence-electron chi connectivity index (χ0n) is 20.9. The van der Waals surface area contributed by atoms with Gasteiger partial charge in [-0.2, -0.15) is 10.1 Å². The van der Waals surface area contributed by atoms with Gasteiger partial charge in [-0.25, -0.2) is 4.68 Å². The van der Waals surface area contributed by atoms with Crippen molar-refractivity contribution in [3.8, 4) is 28.7 Å². The average Bonchev–Trinajstić information content (AvgIpc) is 3.43. The summed E-state index contributed by atoms with van der Waals surface area (Å²) in [5, 5.41) is 8.10. The molecule has 9 nitrogen and oxygen atoms in total. The van der Waals surface area contributed by atoms with Gasteiger partial charge in [-0.1, -0.05) is 18.2 Å². The largest absolute Gasteiger partial charge is 0.497 e. The molecular formula is C28H26N4O5. The van der Waals surface area contributed by atoms with Crippen molar-refractivity contribution in [3.63, 3.8) is 0 Å². The number of nitrogens with zero attached hydrogens (tertiary/aromatic N) is 3. The molecule has 0 saturated heterocycles. The summed E-state index contributed by atoms with van der Waals surface area (Å²) in [5.41, 5.74) is 4.58. The van der Waals surface area contributed by atoms with Crippen LogP contribution in [0.2, 0.25) is 0 Å². The Morgan fingerprint density at radius 1 is 0.838 bits per heavy atom. The van der Waals surface area contributed by atoms with Gasteiger partial charge in [0.15, 0.2) is 17.6 Å². The summed E-state index contributed by atoms with van der Waals surface area (Å²) >= 11 is 0. The molecule has 0 radical (unpaired) electrons. The monoisotopic (exact) mass is 498 g/mol. The maximum absolute atomic E-state index is 6.72. The summed E-state index contributed by atoms with van der Waals surface area (Å²) in [4.78, 5) is 4.50. The van der Waals surface area contributed by atoms with Crippen molar-refractivity contribution >= 4 is 11.6 Å². The molecule has 1 N–H and O–H groups in total. The van der Waals surface area contributed by atoms with Gasteiger partial charge in [0.25, 0.3) is 0 Å². The third-order valence-corrected chi connectivity index (χ3v) is 6.76. The Morgan fingerprint density at radius 2 is 1.62 bits per heavy atom. The molecule has 0 fully saturated rings. The van der Waals surface area contributed by atoms with Gasteiger partial charge in [-0.3, -0.25) is 0 Å². The standard InChI is InChI=1S/C28H26N4O5/c1-33-17-10-12-20(34-2)19(14-17)27-24-25(18-7-5-6-8-21(18)37-27)31-28-29-15-30-32(28)26(24)16-9-11-22(35-3)23(13-16)36-4/h5-15,26-27H,1-4H3,(H,29,30,31)/t26-,27-/m1/s1. The van der Waals surface area contributed by atoms with Crippen LogP contribution in [-0.4, -0.2) is 43.2 Å². The van der Waals surface area contributed by atoms with Crippen molar-refractivity contribution in [1.82, 2.24) is 14.8 Å². The molecule has 1 aromatic heterocycles. The molecule has 0 spiro atoms. The van der Waals surface area contributed by atoms with Gasteiger partial charge in [0.05, 0.1) is 34.1 Å². The van der Waals surface area contributed by atoms with Gasteiger partial charge >= 0.3 is 0 Å². The van der Waals surface area contributed by atoms with E-state index in [1.54, 1.807) is 34.8 Å². The highest BCUT2D eigenvalue weighted by molar-refractivity contribution is 5.85. The lowest BCUT2D eigenvalue weighted by Crippen LogP contribution is -2.32. The predicted octanol–water partition coefficient (Wildman–Crippen LogP) is 4.87. The minimum absolute atomic E-state index is 0.359. The number of nitrogens with one attached hydrogen (secondary N) is 1. The number of ether oxygens (including phenoxy) is 5. The van der Waals surface area contributed by atoms with Gasteiger partial charge in [-0.05, 0) is 48.0 Å². The summed E-state index contributed by atoms with van der Waals surface area (Å²) in [6, 6.07) is 19.2. The summed E-state index contributed by atoms with van der Waals surface area (Å²) in [7, 11) is 6.54. The Bertz CT molecular complexity index is 1510. The lowest BCUT2D eigenvalue weighted by molar-refractivity contribution is 0.217. The smallest absolute Gasteiger partial charge is 0.226 e. The molecule has 9 heteroatoms. The molecule has 0 unspecified atom stereocenters. The van der Waals surface area contributed by atoms with Crippen LogP contribution in [-0.2, 0) is 0 Å². The SMILES string of the molecule is COc1ccc(OC)c([C@H]2Oc3ccccc3C3=C2[C@@H](c2ccc(OC)c(OC)c2)n2ncnc2N3)c1. The van der Waals surface area contributed by atoms with E-state index in [0.717, 1.165) is 33.7 Å². The first-order valence-corrected chi connectivity index (χ1v) is 11.8. The van der Waals surface area contributed by atoms with E-state index in [0.29, 0.717) is 28.9 Å². The number of benzene rings is 3. The molecule has 0 bridgehead atoms. The zero-order valence-corrected chi connectivity index (χ0v) is 20.9. The summed E-state index contributed by atoms with van der Waals surface area (Å²) in [5.74, 6) is 4.04. The quantitative estimate of drug-likeness (QED) is 0.403. The van der Waals surface area contributed by atoms with Crippen LogP contribution in [0.5, 0.6) is 28.7 Å². The Hall–Kier alpha value is -4.66. The Labute approximate surface area is 214 Å². The van der Waals surface area contributed by atoms with Crippen LogP contribution in [0.3, 0.4) is 0 Å². The Kier molecular flexibility index (Phi) is 5.60. The molecule has 37 heavy (non-hydrogen) atoms. The molecule has 188 valence electrons. The lowest BCUT2D eigenvalue weighted by Gasteiger charge is -2.39. The number of hydrogen-bond acceptors (Lipinski definition) is 8. The maximum Gasteiger partial charge on any atom is 0.226 e. The second kappa shape index (κ2) is 9.09. The van der Waals surface area contributed by atoms with Crippen LogP contribution in [0.4, 0.5) is 5.95 Å². The van der Waals surface area contributed by atoms with E-state index in [1.165, 1.54) is 0 Å². The summed E-state index contributed by atoms with van der Waals surface area (Å²) < 4.78 is 31.1. The first-order chi connectivity index (χ1) is 18.2. The Morgan fingerprint density at radius 3 is 2.41 bits per heavy atom. The van der Waals surface area contributed by atoms with E-state index in [9.17, 15) is 0 Å². The third-order valence-electron chi connectivity index (χ3n) is 6.76. The van der Waals surface area contributed by atoms with Crippen LogP contribution in [0, 0.1) is 0 Å². The van der Waals surface area contributed by atoms with E-state index in [-0.39, 0.29) is 6.04 Å². The molecule has 4 aromatic rings. The lowest BCUT2D eigenvalue weighted by atomic mass is 9.84. The molecule has 0 aliphatic carbocycles. The molecule has 2 aliphatic heterocycles. The highest BCUT2D eigenvalue weighted by Crippen LogP contribution is 2.52. The fourth-order valence-corrected chi connectivity index (χ4v) is 5.06. The molecule has 6 rings (SSSR count). The minimum atomic E-state index is -0.516. The maximum atomic E-state index is 6.72. The molecule has 3 aromatic carbocycles. The molecule has 0 amide bonds. The summed E-state index contributed by atoms with van der Waals surface area (Å²) in [6.07, 6.45) is 1.03. The fraction of sp³-hybridized carbons (Fsp3) is 0.214. The van der Waals surface area contributed by atoms with E-state index < -0.39 is 6.10 Å². The van der Waals surface area contributed by atoms with E-state index in [4.69, 9.17) is 23.7 Å². The highest BCUT2D eigenvalue weighted by atomic mass is 16.5. The van der Waals surface area contributed by atoms with Crippen molar-refractivity contribution in [2.45, 2.75) is 12.1 Å². The van der Waals surface area contributed by atoms with Gasteiger partial charge in [0, 0.05) is 16.7 Å². The summed E-state index contributed by atoms with van der Waals surface area (Å²) in [6.45, 7) is 0. The van der Waals surface area contributed by atoms with Crippen LogP contribution >= 0.6 is 0 Å². The van der Waals surface area contributed by atoms with Crippen molar-refractivity contribution in [3.05, 3.63) is 89.3 Å². The van der Waals surface area contributed by atoms with Crippen LogP contribution in [0.15, 0.2) is 72.6 Å². The number of para-hydroxylation sites is 1. The minimum Gasteiger partial charge on any atom is -0.497 e. The average molecular weight is 499 g/mol. The van der Waals surface area contributed by atoms with Crippen molar-refractivity contribution in [2.24, 2.45) is 0 Å². The number of fused-ring (bicyclic) bond motifs is 3. The molecule has 0 saturated carbocycles. The second-order valence-corrected chi connectivity index (χ2v) is 8.60. The molecule has 2 atom stereocenters. The number of anilines is 1. The zero-order chi connectivity index (χ0) is 25.5. The Balaban J connectivity index is 1.63. The van der Waals surface area contributed by atoms with Gasteiger partial charge in [-0.15, -0.1) is 0 Å². The van der Waals surface area contributed by atoms with E-state index in [1.807, 2.05) is 65.3 Å². The third kappa shape index (κ3) is 3.62. The number of aromatic nitrogens is 3. The fourth-order valence-electron chi connectivity index (χ4n) is 5.06. The van der Waals surface area contributed by atoms with Gasteiger partial charge in [0.2, 0.25) is 5.95 Å². The molecular weight excluding hydrogens is 472 g/mol. The van der Waals surface area contributed by atoms with Gasteiger partial charge in [0.1, 0.15) is 29.6 Å². The second-order valence-electron chi connectivity index (χ2n) is 8.60. The predicted molar refractivity (Wildman–Crippen MR) is 138 cm³/mol. The van der Waals surface area contributed by atoms with Crippen LogP contribution < -0.4 is 29.0 Å². The number of rotatable bonds is 6. The molecule has 2 aliphatic rings. The number of methoxy groups -OCH3 is 4. The topological polar surface area (TPSA) is 88.9 Å². The van der Waals surface area contributed by atoms with E-state index >= 15 is 0 Å². The first-order valence-electron chi connectivity index (χ1n) is 11.8. The van der Waals surface area contributed by atoms with Crippen LogP contribution in [0.25, 0.3) is 5.70 Å². The van der Waals surface area contributed by atoms with Crippen molar-refractivity contribution in [2.75, 3.05) is 33.8 Å². The molecule has 3 heterocycles. The first kappa shape index (κ1) is 22.8. The van der Waals surface area contributed by atoms with Gasteiger partial charge < -0.3 is 29.0 Å². The van der Waals surface area contributed by atoms with Crippen molar-refractivity contribution in [1.29, 1.82) is 0 Å². The van der Waals surface area contributed by atoms with E-state index in [2.05, 4.69) is 15.4 Å². The normalized spacial score (nSPS) is 17.5.